The van der Waals surface area contributed by atoms with Gasteiger partial charge in [-0.1, -0.05) is 30.9 Å². The summed E-state index contributed by atoms with van der Waals surface area (Å²) in [5, 5.41) is 21.4. The third kappa shape index (κ3) is 7.16. The average Bonchev–Trinajstić information content (AvgIpc) is 3.49. The van der Waals surface area contributed by atoms with E-state index in [1.54, 1.807) is 37.3 Å². The molecule has 218 valence electrons. The third-order valence-electron chi connectivity index (χ3n) is 6.26. The standard InChI is InChI=1S/C30H26F5N5O2/c1-2-23(31)5-3-4-16-42-25-12-8-21(9-13-25)6-7-22-10-15-28(36-18-22)30(34,35)29(41,19-40-20-37-38-39-40)26-14-11-24(32)17-27(26)33/h3,5,8-15,17-18,20,23,41H,2,4,16,19H2,1H3/b5-3-. The number of alkyl halides is 3. The number of rotatable bonds is 11. The Morgan fingerprint density at radius 1 is 1.05 bits per heavy atom. The Morgan fingerprint density at radius 2 is 1.79 bits per heavy atom. The largest absolute Gasteiger partial charge is 0.493 e. The molecule has 7 nitrogen and oxygen atoms in total. The lowest BCUT2D eigenvalue weighted by molar-refractivity contribution is -0.207. The van der Waals surface area contributed by atoms with Gasteiger partial charge in [0.15, 0.2) is 5.60 Å². The van der Waals surface area contributed by atoms with Crippen LogP contribution in [0.25, 0.3) is 0 Å². The Bertz CT molecular complexity index is 1550. The Balaban J connectivity index is 1.48. The molecule has 0 radical (unpaired) electrons. The first-order chi connectivity index (χ1) is 20.1. The fourth-order valence-electron chi connectivity index (χ4n) is 3.93. The first kappa shape index (κ1) is 30.3. The number of pyridine rings is 1. The van der Waals surface area contributed by atoms with Crippen molar-refractivity contribution in [3.63, 3.8) is 0 Å². The monoisotopic (exact) mass is 583 g/mol. The van der Waals surface area contributed by atoms with Crippen molar-refractivity contribution in [1.29, 1.82) is 0 Å². The van der Waals surface area contributed by atoms with E-state index in [4.69, 9.17) is 4.74 Å². The van der Waals surface area contributed by atoms with E-state index in [9.17, 15) is 18.3 Å². The Morgan fingerprint density at radius 3 is 2.43 bits per heavy atom. The summed E-state index contributed by atoms with van der Waals surface area (Å²) in [6.07, 6.45) is 5.35. The number of aromatic nitrogens is 5. The van der Waals surface area contributed by atoms with Gasteiger partial charge in [-0.2, -0.15) is 8.78 Å². The number of nitrogens with zero attached hydrogens (tertiary/aromatic N) is 5. The lowest BCUT2D eigenvalue weighted by Gasteiger charge is -2.35. The summed E-state index contributed by atoms with van der Waals surface area (Å²) in [6.45, 7) is 1.20. The quantitative estimate of drug-likeness (QED) is 0.109. The number of halogens is 5. The second-order valence-electron chi connectivity index (χ2n) is 9.26. The Labute approximate surface area is 238 Å². The predicted molar refractivity (Wildman–Crippen MR) is 143 cm³/mol. The van der Waals surface area contributed by atoms with Crippen molar-refractivity contribution in [2.24, 2.45) is 0 Å². The van der Waals surface area contributed by atoms with Crippen molar-refractivity contribution in [2.75, 3.05) is 6.61 Å². The molecule has 0 aliphatic heterocycles. The van der Waals surface area contributed by atoms with Gasteiger partial charge in [0.2, 0.25) is 0 Å². The molecule has 0 fully saturated rings. The van der Waals surface area contributed by atoms with E-state index in [1.807, 2.05) is 0 Å². The molecule has 12 heteroatoms. The van der Waals surface area contributed by atoms with Gasteiger partial charge in [0.1, 0.15) is 35.6 Å². The zero-order chi connectivity index (χ0) is 30.2. The van der Waals surface area contributed by atoms with Crippen LogP contribution >= 0.6 is 0 Å². The molecule has 42 heavy (non-hydrogen) atoms. The van der Waals surface area contributed by atoms with Crippen molar-refractivity contribution in [1.82, 2.24) is 25.2 Å². The highest BCUT2D eigenvalue weighted by Gasteiger charge is 2.58. The third-order valence-corrected chi connectivity index (χ3v) is 6.26. The number of tetrazole rings is 1. The normalized spacial score (nSPS) is 13.8. The zero-order valence-corrected chi connectivity index (χ0v) is 22.4. The number of aliphatic hydroxyl groups is 1. The number of hydrogen-bond donors (Lipinski definition) is 1. The van der Waals surface area contributed by atoms with E-state index in [-0.39, 0.29) is 0 Å². The molecule has 1 N–H and O–H groups in total. The van der Waals surface area contributed by atoms with Gasteiger partial charge in [0.05, 0.1) is 13.2 Å². The molecule has 0 aliphatic carbocycles. The summed E-state index contributed by atoms with van der Waals surface area (Å²) in [6, 6.07) is 11.0. The molecule has 0 spiro atoms. The van der Waals surface area contributed by atoms with E-state index >= 15 is 8.78 Å². The highest BCUT2D eigenvalue weighted by Crippen LogP contribution is 2.46. The van der Waals surface area contributed by atoms with E-state index in [2.05, 4.69) is 32.4 Å². The summed E-state index contributed by atoms with van der Waals surface area (Å²) in [5.41, 5.74) is -4.03. The molecule has 0 saturated heterocycles. The van der Waals surface area contributed by atoms with Gasteiger partial charge in [0, 0.05) is 29.0 Å². The molecule has 2 heterocycles. The van der Waals surface area contributed by atoms with Crippen LogP contribution in [-0.2, 0) is 18.1 Å². The van der Waals surface area contributed by atoms with E-state index in [1.165, 1.54) is 12.1 Å². The van der Waals surface area contributed by atoms with Crippen LogP contribution in [-0.4, -0.2) is 43.1 Å². The SMILES string of the molecule is CCC(F)/C=C\CCOc1ccc(C#Cc2ccc(C(F)(F)C(O)(Cn3cnnn3)c3ccc(F)cc3F)nc2)cc1. The summed E-state index contributed by atoms with van der Waals surface area (Å²) < 4.78 is 79.4. The minimum Gasteiger partial charge on any atom is -0.493 e. The van der Waals surface area contributed by atoms with E-state index < -0.39 is 47.1 Å². The van der Waals surface area contributed by atoms with Crippen LogP contribution < -0.4 is 4.74 Å². The number of benzene rings is 2. The van der Waals surface area contributed by atoms with Crippen LogP contribution in [0.4, 0.5) is 22.0 Å². The van der Waals surface area contributed by atoms with Gasteiger partial charge in [-0.25, -0.2) is 17.9 Å². The van der Waals surface area contributed by atoms with Gasteiger partial charge in [0.25, 0.3) is 0 Å². The molecule has 0 bridgehead atoms. The molecular formula is C30H26F5N5O2. The minimum absolute atomic E-state index is 0.303. The predicted octanol–water partition coefficient (Wildman–Crippen LogP) is 5.50. The first-order valence-electron chi connectivity index (χ1n) is 12.9. The molecule has 4 aromatic rings. The smallest absolute Gasteiger partial charge is 0.323 e. The molecule has 0 aliphatic rings. The molecule has 2 aromatic heterocycles. The van der Waals surface area contributed by atoms with Gasteiger partial charge in [-0.05, 0) is 71.8 Å². The van der Waals surface area contributed by atoms with Gasteiger partial charge < -0.3 is 9.84 Å². The van der Waals surface area contributed by atoms with Crippen molar-refractivity contribution in [2.45, 2.75) is 44.0 Å². The fourth-order valence-corrected chi connectivity index (χ4v) is 3.93. The molecule has 0 saturated carbocycles. The van der Waals surface area contributed by atoms with Crippen LogP contribution in [0.2, 0.25) is 0 Å². The molecular weight excluding hydrogens is 557 g/mol. The summed E-state index contributed by atoms with van der Waals surface area (Å²) in [7, 11) is 0. The number of hydrogen-bond acceptors (Lipinski definition) is 6. The Hall–Kier alpha value is -4.63. The Kier molecular flexibility index (Phi) is 9.64. The maximum atomic E-state index is 15.8. The molecule has 0 amide bonds. The second-order valence-corrected chi connectivity index (χ2v) is 9.26. The summed E-state index contributed by atoms with van der Waals surface area (Å²) >= 11 is 0. The van der Waals surface area contributed by atoms with E-state index in [0.717, 1.165) is 35.4 Å². The second kappa shape index (κ2) is 13.4. The van der Waals surface area contributed by atoms with Gasteiger partial charge in [-0.3, -0.25) is 4.98 Å². The zero-order valence-electron chi connectivity index (χ0n) is 22.4. The van der Waals surface area contributed by atoms with E-state index in [0.29, 0.717) is 42.4 Å². The first-order valence-corrected chi connectivity index (χ1v) is 12.9. The van der Waals surface area contributed by atoms with Crippen molar-refractivity contribution in [3.8, 4) is 17.6 Å². The van der Waals surface area contributed by atoms with Crippen LogP contribution in [0.15, 0.2) is 79.3 Å². The van der Waals surface area contributed by atoms with Crippen molar-refractivity contribution < 1.29 is 31.8 Å². The molecule has 4 rings (SSSR count). The lowest BCUT2D eigenvalue weighted by Crippen LogP contribution is -2.48. The van der Waals surface area contributed by atoms with Crippen LogP contribution in [0.5, 0.6) is 5.75 Å². The van der Waals surface area contributed by atoms with Crippen molar-refractivity contribution >= 4 is 0 Å². The molecule has 2 aromatic carbocycles. The lowest BCUT2D eigenvalue weighted by atomic mass is 9.84. The van der Waals surface area contributed by atoms with Crippen molar-refractivity contribution in [3.05, 3.63) is 113 Å². The van der Waals surface area contributed by atoms with Crippen LogP contribution in [0, 0.1) is 23.5 Å². The summed E-state index contributed by atoms with van der Waals surface area (Å²) in [5.74, 6) is -0.214. The maximum absolute atomic E-state index is 15.8. The highest BCUT2D eigenvalue weighted by molar-refractivity contribution is 5.44. The van der Waals surface area contributed by atoms with Gasteiger partial charge >= 0.3 is 5.92 Å². The fraction of sp³-hybridized carbons (Fsp3) is 0.267. The number of allylic oxidation sites excluding steroid dienone is 1. The number of ether oxygens (including phenoxy) is 1. The molecule has 2 atom stereocenters. The average molecular weight is 584 g/mol. The minimum atomic E-state index is -4.17. The summed E-state index contributed by atoms with van der Waals surface area (Å²) in [4.78, 5) is 3.79. The van der Waals surface area contributed by atoms with Crippen LogP contribution in [0.1, 0.15) is 42.1 Å². The highest BCUT2D eigenvalue weighted by atomic mass is 19.3. The maximum Gasteiger partial charge on any atom is 0.323 e. The van der Waals surface area contributed by atoms with Gasteiger partial charge in [-0.15, -0.1) is 5.10 Å². The van der Waals surface area contributed by atoms with Crippen LogP contribution in [0.3, 0.4) is 0 Å². The topological polar surface area (TPSA) is 86.0 Å². The molecule has 2 unspecified atom stereocenters.